The molecule has 5 nitrogen and oxygen atoms in total. The zero-order chi connectivity index (χ0) is 13.0. The van der Waals surface area contributed by atoms with Crippen molar-refractivity contribution in [3.8, 4) is 5.75 Å². The third-order valence-corrected chi connectivity index (χ3v) is 3.26. The molecule has 96 valence electrons. The number of aromatic nitrogens is 2. The molecule has 0 fully saturated rings. The van der Waals surface area contributed by atoms with E-state index in [9.17, 15) is 4.79 Å². The van der Waals surface area contributed by atoms with Crippen molar-refractivity contribution in [3.05, 3.63) is 28.6 Å². The fraction of sp³-hybridized carbons (Fsp3) is 0.333. The number of ether oxygens (including phenoxy) is 1. The van der Waals surface area contributed by atoms with Crippen LogP contribution in [0.2, 0.25) is 0 Å². The van der Waals surface area contributed by atoms with E-state index in [2.05, 4.69) is 17.3 Å². The van der Waals surface area contributed by atoms with Crippen molar-refractivity contribution in [1.82, 2.24) is 9.78 Å². The van der Waals surface area contributed by atoms with Crippen LogP contribution in [0.3, 0.4) is 0 Å². The molecule has 2 heterocycles. The molecule has 6 heteroatoms. The van der Waals surface area contributed by atoms with Crippen LogP contribution in [0.4, 0.5) is 10.6 Å². The fourth-order valence-electron chi connectivity index (χ4n) is 1.51. The minimum Gasteiger partial charge on any atom is -0.409 e. The van der Waals surface area contributed by atoms with Gasteiger partial charge in [-0.05, 0) is 12.5 Å². The maximum absolute atomic E-state index is 11.6. The summed E-state index contributed by atoms with van der Waals surface area (Å²) >= 11 is 1.60. The molecule has 0 aliphatic carbocycles. The quantitative estimate of drug-likeness (QED) is 0.924. The number of carbonyl (C=O) groups is 1. The van der Waals surface area contributed by atoms with Gasteiger partial charge < -0.3 is 4.74 Å². The number of aryl methyl sites for hydroxylation is 2. The third kappa shape index (κ3) is 3.33. The number of carbonyl (C=O) groups excluding carboxylic acids is 1. The van der Waals surface area contributed by atoms with Gasteiger partial charge in [0.2, 0.25) is 0 Å². The van der Waals surface area contributed by atoms with Crippen molar-refractivity contribution in [1.29, 1.82) is 0 Å². The number of rotatable bonds is 4. The molecule has 2 aromatic rings. The largest absolute Gasteiger partial charge is 0.418 e. The van der Waals surface area contributed by atoms with Crippen molar-refractivity contribution in [2.75, 3.05) is 5.32 Å². The molecule has 0 spiro atoms. The highest BCUT2D eigenvalue weighted by molar-refractivity contribution is 7.10. The van der Waals surface area contributed by atoms with E-state index in [0.717, 1.165) is 12.8 Å². The summed E-state index contributed by atoms with van der Waals surface area (Å²) in [5, 5.41) is 8.43. The van der Waals surface area contributed by atoms with E-state index in [1.165, 1.54) is 4.88 Å². The summed E-state index contributed by atoms with van der Waals surface area (Å²) in [5.41, 5.74) is 0. The second-order valence-electron chi connectivity index (χ2n) is 3.89. The van der Waals surface area contributed by atoms with Crippen molar-refractivity contribution < 1.29 is 9.53 Å². The van der Waals surface area contributed by atoms with E-state index in [1.54, 1.807) is 35.3 Å². The zero-order valence-corrected chi connectivity index (χ0v) is 11.2. The van der Waals surface area contributed by atoms with Crippen LogP contribution < -0.4 is 10.1 Å². The minimum atomic E-state index is -0.519. The third-order valence-electron chi connectivity index (χ3n) is 2.28. The second kappa shape index (κ2) is 5.68. The van der Waals surface area contributed by atoms with Crippen molar-refractivity contribution in [2.24, 2.45) is 7.05 Å². The number of thiophene rings is 1. The Hall–Kier alpha value is -1.82. The van der Waals surface area contributed by atoms with Crippen molar-refractivity contribution in [3.63, 3.8) is 0 Å². The van der Waals surface area contributed by atoms with Gasteiger partial charge in [-0.2, -0.15) is 5.10 Å². The predicted molar refractivity (Wildman–Crippen MR) is 71.2 cm³/mol. The van der Waals surface area contributed by atoms with Crippen LogP contribution >= 0.6 is 11.3 Å². The van der Waals surface area contributed by atoms with Crippen LogP contribution in [-0.4, -0.2) is 15.9 Å². The molecule has 1 amide bonds. The number of anilines is 1. The van der Waals surface area contributed by atoms with Gasteiger partial charge in [0.1, 0.15) is 5.75 Å². The topological polar surface area (TPSA) is 56.1 Å². The summed E-state index contributed by atoms with van der Waals surface area (Å²) in [5.74, 6) is 1.06. The highest BCUT2D eigenvalue weighted by atomic mass is 32.1. The monoisotopic (exact) mass is 265 g/mol. The lowest BCUT2D eigenvalue weighted by atomic mass is 10.3. The first kappa shape index (κ1) is 12.6. The summed E-state index contributed by atoms with van der Waals surface area (Å²) in [6.07, 6.45) is 3.32. The molecule has 0 saturated heterocycles. The first-order chi connectivity index (χ1) is 8.67. The minimum absolute atomic E-state index is 0.478. The van der Waals surface area contributed by atoms with Gasteiger partial charge in [0.25, 0.3) is 0 Å². The number of hydrogen-bond donors (Lipinski definition) is 1. The molecule has 0 atom stereocenters. The van der Waals surface area contributed by atoms with Crippen molar-refractivity contribution in [2.45, 2.75) is 19.8 Å². The molecule has 0 radical (unpaired) electrons. The Bertz CT molecular complexity index is 533. The molecule has 2 aromatic heterocycles. The van der Waals surface area contributed by atoms with Gasteiger partial charge in [-0.1, -0.05) is 13.3 Å². The Kier molecular flexibility index (Phi) is 3.99. The number of nitrogens with one attached hydrogen (secondary N) is 1. The second-order valence-corrected chi connectivity index (χ2v) is 4.88. The molecule has 0 unspecified atom stereocenters. The Labute approximate surface area is 109 Å². The highest BCUT2D eigenvalue weighted by Gasteiger charge is 2.08. The zero-order valence-electron chi connectivity index (χ0n) is 10.3. The normalized spacial score (nSPS) is 10.3. The van der Waals surface area contributed by atoms with Gasteiger partial charge in [0.05, 0.1) is 0 Å². The van der Waals surface area contributed by atoms with E-state index in [-0.39, 0.29) is 0 Å². The number of amides is 1. The summed E-state index contributed by atoms with van der Waals surface area (Å²) in [4.78, 5) is 12.8. The average Bonchev–Trinajstić information content (AvgIpc) is 2.89. The maximum Gasteiger partial charge on any atom is 0.418 e. The summed E-state index contributed by atoms with van der Waals surface area (Å²) < 4.78 is 6.78. The standard InChI is InChI=1S/C12H15N3O2S/c1-3-4-10-7-9(8-18-10)17-12(16)13-11-5-6-15(2)14-11/h5-8H,3-4H2,1-2H3,(H,13,14,16). The van der Waals surface area contributed by atoms with Crippen LogP contribution in [0, 0.1) is 0 Å². The fourth-order valence-corrected chi connectivity index (χ4v) is 2.40. The van der Waals surface area contributed by atoms with Crippen LogP contribution in [0.25, 0.3) is 0 Å². The lowest BCUT2D eigenvalue weighted by molar-refractivity contribution is 0.215. The van der Waals surface area contributed by atoms with Gasteiger partial charge in [0.15, 0.2) is 5.82 Å². The van der Waals surface area contributed by atoms with Gasteiger partial charge in [-0.25, -0.2) is 4.79 Å². The highest BCUT2D eigenvalue weighted by Crippen LogP contribution is 2.23. The molecule has 0 saturated carbocycles. The maximum atomic E-state index is 11.6. The number of hydrogen-bond acceptors (Lipinski definition) is 4. The molecule has 0 aromatic carbocycles. The lowest BCUT2D eigenvalue weighted by Gasteiger charge is -2.01. The predicted octanol–water partition coefficient (Wildman–Crippen LogP) is 3.05. The molecule has 0 bridgehead atoms. The van der Waals surface area contributed by atoms with Crippen LogP contribution in [0.5, 0.6) is 5.75 Å². The van der Waals surface area contributed by atoms with E-state index in [4.69, 9.17) is 4.74 Å². The summed E-state index contributed by atoms with van der Waals surface area (Å²) in [7, 11) is 1.78. The van der Waals surface area contributed by atoms with Gasteiger partial charge in [-0.3, -0.25) is 10.00 Å². The average molecular weight is 265 g/mol. The van der Waals surface area contributed by atoms with Gasteiger partial charge in [-0.15, -0.1) is 11.3 Å². The molecule has 0 aliphatic heterocycles. The SMILES string of the molecule is CCCc1cc(OC(=O)Nc2ccn(C)n2)cs1. The van der Waals surface area contributed by atoms with E-state index in [0.29, 0.717) is 11.6 Å². The van der Waals surface area contributed by atoms with Gasteiger partial charge in [0, 0.05) is 29.6 Å². The first-order valence-corrected chi connectivity index (χ1v) is 6.61. The Morgan fingerprint density at radius 1 is 1.61 bits per heavy atom. The molecule has 2 rings (SSSR count). The molecule has 1 N–H and O–H groups in total. The molecular weight excluding hydrogens is 250 g/mol. The van der Waals surface area contributed by atoms with Crippen LogP contribution in [-0.2, 0) is 13.5 Å². The first-order valence-electron chi connectivity index (χ1n) is 5.73. The Balaban J connectivity index is 1.90. The molecular formula is C12H15N3O2S. The van der Waals surface area contributed by atoms with Crippen LogP contribution in [0.15, 0.2) is 23.7 Å². The summed E-state index contributed by atoms with van der Waals surface area (Å²) in [6.45, 7) is 2.12. The van der Waals surface area contributed by atoms with Crippen molar-refractivity contribution >= 4 is 23.2 Å². The molecule has 18 heavy (non-hydrogen) atoms. The Morgan fingerprint density at radius 3 is 3.11 bits per heavy atom. The summed E-state index contributed by atoms with van der Waals surface area (Å²) in [6, 6.07) is 3.60. The molecule has 0 aliphatic rings. The Morgan fingerprint density at radius 2 is 2.44 bits per heavy atom. The lowest BCUT2D eigenvalue weighted by Crippen LogP contribution is -2.16. The van der Waals surface area contributed by atoms with Crippen LogP contribution in [0.1, 0.15) is 18.2 Å². The van der Waals surface area contributed by atoms with E-state index in [1.807, 2.05) is 11.4 Å². The van der Waals surface area contributed by atoms with E-state index < -0.39 is 6.09 Å². The number of nitrogens with zero attached hydrogens (tertiary/aromatic N) is 2. The smallest absolute Gasteiger partial charge is 0.409 e. The van der Waals surface area contributed by atoms with Gasteiger partial charge >= 0.3 is 6.09 Å². The van der Waals surface area contributed by atoms with E-state index >= 15 is 0 Å².